The number of carbonyl (C=O) groups excluding carboxylic acids is 1. The molecule has 0 atom stereocenters. The van der Waals surface area contributed by atoms with E-state index in [9.17, 15) is 4.79 Å². The third-order valence-corrected chi connectivity index (χ3v) is 4.09. The third-order valence-electron chi connectivity index (χ3n) is 2.60. The smallest absolute Gasteiger partial charge is 0.306 e. The molecule has 0 fully saturated rings. The molecule has 2 aromatic rings. The quantitative estimate of drug-likeness (QED) is 0.752. The Balaban J connectivity index is 2.09. The van der Waals surface area contributed by atoms with Crippen LogP contribution < -0.4 is 0 Å². The highest BCUT2D eigenvalue weighted by atomic mass is 35.5. The summed E-state index contributed by atoms with van der Waals surface area (Å²) in [7, 11) is 0. The minimum atomic E-state index is -0.206. The van der Waals surface area contributed by atoms with Crippen LogP contribution in [0.25, 0.3) is 10.6 Å². The van der Waals surface area contributed by atoms with Crippen molar-refractivity contribution in [2.75, 3.05) is 6.61 Å². The lowest BCUT2D eigenvalue weighted by molar-refractivity contribution is -0.143. The van der Waals surface area contributed by atoms with E-state index in [4.69, 9.17) is 27.9 Å². The topological polar surface area (TPSA) is 39.2 Å². The molecule has 0 aliphatic carbocycles. The number of hydrogen-bond acceptors (Lipinski definition) is 4. The zero-order valence-corrected chi connectivity index (χ0v) is 13.2. The van der Waals surface area contributed by atoms with Crippen molar-refractivity contribution in [2.45, 2.75) is 19.8 Å². The van der Waals surface area contributed by atoms with Crippen LogP contribution in [0.15, 0.2) is 23.6 Å². The van der Waals surface area contributed by atoms with Crippen LogP contribution in [-0.4, -0.2) is 17.6 Å². The Labute approximate surface area is 131 Å². The zero-order chi connectivity index (χ0) is 14.5. The Morgan fingerprint density at radius 3 is 2.95 bits per heavy atom. The van der Waals surface area contributed by atoms with Crippen molar-refractivity contribution in [3.63, 3.8) is 0 Å². The minimum Gasteiger partial charge on any atom is -0.466 e. The van der Waals surface area contributed by atoms with Crippen molar-refractivity contribution in [1.29, 1.82) is 0 Å². The second kappa shape index (κ2) is 7.07. The first-order valence-corrected chi connectivity index (χ1v) is 7.79. The molecule has 0 N–H and O–H groups in total. The number of benzene rings is 1. The number of aromatic nitrogens is 1. The van der Waals surface area contributed by atoms with Gasteiger partial charge in [0.05, 0.1) is 23.7 Å². The van der Waals surface area contributed by atoms with Gasteiger partial charge in [0.1, 0.15) is 5.01 Å². The van der Waals surface area contributed by atoms with Gasteiger partial charge >= 0.3 is 5.97 Å². The lowest BCUT2D eigenvalue weighted by Gasteiger charge is -2.01. The standard InChI is InChI=1S/C14H13Cl2NO2S/c1-2-19-13(18)6-4-10-8-20-14(17-10)11-7-9(15)3-5-12(11)16/h3,5,7-8H,2,4,6H2,1H3. The average Bonchev–Trinajstić information content (AvgIpc) is 2.88. The van der Waals surface area contributed by atoms with E-state index in [1.807, 2.05) is 5.38 Å². The summed E-state index contributed by atoms with van der Waals surface area (Å²) in [5.74, 6) is -0.206. The van der Waals surface area contributed by atoms with Gasteiger partial charge in [-0.1, -0.05) is 23.2 Å². The Hall–Kier alpha value is -1.10. The highest BCUT2D eigenvalue weighted by molar-refractivity contribution is 7.13. The van der Waals surface area contributed by atoms with Crippen LogP contribution in [-0.2, 0) is 16.0 Å². The first kappa shape index (κ1) is 15.3. The van der Waals surface area contributed by atoms with Crippen LogP contribution in [0.1, 0.15) is 19.0 Å². The number of esters is 1. The SMILES string of the molecule is CCOC(=O)CCc1csc(-c2cc(Cl)ccc2Cl)n1. The van der Waals surface area contributed by atoms with Crippen molar-refractivity contribution >= 4 is 40.5 Å². The van der Waals surface area contributed by atoms with Gasteiger partial charge in [-0.3, -0.25) is 4.79 Å². The molecule has 1 heterocycles. The zero-order valence-electron chi connectivity index (χ0n) is 10.9. The van der Waals surface area contributed by atoms with Crippen molar-refractivity contribution < 1.29 is 9.53 Å². The van der Waals surface area contributed by atoms with Crippen molar-refractivity contribution in [3.05, 3.63) is 39.3 Å². The molecule has 0 aliphatic rings. The van der Waals surface area contributed by atoms with Crippen molar-refractivity contribution in [1.82, 2.24) is 4.98 Å². The van der Waals surface area contributed by atoms with Gasteiger partial charge in [0.2, 0.25) is 0 Å². The number of thiazole rings is 1. The van der Waals surface area contributed by atoms with Gasteiger partial charge in [0.25, 0.3) is 0 Å². The summed E-state index contributed by atoms with van der Waals surface area (Å²) in [5.41, 5.74) is 1.67. The summed E-state index contributed by atoms with van der Waals surface area (Å²) in [6, 6.07) is 5.28. The van der Waals surface area contributed by atoms with Crippen molar-refractivity contribution in [2.24, 2.45) is 0 Å². The summed E-state index contributed by atoms with van der Waals surface area (Å²) >= 11 is 13.6. The fourth-order valence-corrected chi connectivity index (χ4v) is 2.99. The summed E-state index contributed by atoms with van der Waals surface area (Å²) in [6.45, 7) is 2.19. The minimum absolute atomic E-state index is 0.206. The van der Waals surface area contributed by atoms with E-state index in [0.717, 1.165) is 16.3 Å². The Morgan fingerprint density at radius 1 is 1.40 bits per heavy atom. The number of aryl methyl sites for hydroxylation is 1. The van der Waals surface area contributed by atoms with E-state index in [1.54, 1.807) is 25.1 Å². The molecule has 2 rings (SSSR count). The first-order chi connectivity index (χ1) is 9.60. The van der Waals surface area contributed by atoms with Crippen LogP contribution in [0.3, 0.4) is 0 Å². The molecule has 0 unspecified atom stereocenters. The normalized spacial score (nSPS) is 10.6. The molecule has 6 heteroatoms. The van der Waals surface area contributed by atoms with Crippen LogP contribution in [0, 0.1) is 0 Å². The molecule has 0 radical (unpaired) electrons. The molecule has 1 aromatic carbocycles. The largest absolute Gasteiger partial charge is 0.466 e. The lowest BCUT2D eigenvalue weighted by atomic mass is 10.2. The molecule has 0 amide bonds. The highest BCUT2D eigenvalue weighted by Crippen LogP contribution is 2.32. The van der Waals surface area contributed by atoms with Crippen LogP contribution in [0.2, 0.25) is 10.0 Å². The summed E-state index contributed by atoms with van der Waals surface area (Å²) in [5, 5.41) is 3.95. The lowest BCUT2D eigenvalue weighted by Crippen LogP contribution is -2.05. The molecule has 0 spiro atoms. The number of nitrogens with zero attached hydrogens (tertiary/aromatic N) is 1. The molecular formula is C14H13Cl2NO2S. The van der Waals surface area contributed by atoms with E-state index in [2.05, 4.69) is 4.98 Å². The number of rotatable bonds is 5. The molecule has 106 valence electrons. The summed E-state index contributed by atoms with van der Waals surface area (Å²) < 4.78 is 4.89. The fourth-order valence-electron chi connectivity index (χ4n) is 1.67. The first-order valence-electron chi connectivity index (χ1n) is 6.15. The van der Waals surface area contributed by atoms with E-state index in [1.165, 1.54) is 11.3 Å². The number of carbonyl (C=O) groups is 1. The maximum Gasteiger partial charge on any atom is 0.306 e. The summed E-state index contributed by atoms with van der Waals surface area (Å²) in [6.07, 6.45) is 0.897. The van der Waals surface area contributed by atoms with Crippen molar-refractivity contribution in [3.8, 4) is 10.6 Å². The maximum atomic E-state index is 11.3. The highest BCUT2D eigenvalue weighted by Gasteiger charge is 2.11. The fraction of sp³-hybridized carbons (Fsp3) is 0.286. The van der Waals surface area contributed by atoms with E-state index < -0.39 is 0 Å². The number of hydrogen-bond donors (Lipinski definition) is 0. The predicted octanol–water partition coefficient (Wildman–Crippen LogP) is 4.61. The van der Waals surface area contributed by atoms with Crippen LogP contribution in [0.4, 0.5) is 0 Å². The molecule has 0 saturated carbocycles. The molecule has 0 aliphatic heterocycles. The third kappa shape index (κ3) is 3.95. The van der Waals surface area contributed by atoms with Gasteiger partial charge < -0.3 is 4.74 Å². The van der Waals surface area contributed by atoms with E-state index in [0.29, 0.717) is 29.5 Å². The second-order valence-corrected chi connectivity index (χ2v) is 5.77. The average molecular weight is 330 g/mol. The van der Waals surface area contributed by atoms with Gasteiger partial charge in [-0.25, -0.2) is 4.98 Å². The predicted molar refractivity (Wildman–Crippen MR) is 82.5 cm³/mol. The van der Waals surface area contributed by atoms with Gasteiger partial charge in [0, 0.05) is 22.4 Å². The maximum absolute atomic E-state index is 11.3. The van der Waals surface area contributed by atoms with Crippen LogP contribution in [0.5, 0.6) is 0 Å². The molecule has 3 nitrogen and oxygen atoms in total. The van der Waals surface area contributed by atoms with Gasteiger partial charge in [-0.05, 0) is 25.1 Å². The van der Waals surface area contributed by atoms with Gasteiger partial charge in [-0.15, -0.1) is 11.3 Å². The van der Waals surface area contributed by atoms with E-state index >= 15 is 0 Å². The van der Waals surface area contributed by atoms with Crippen LogP contribution >= 0.6 is 34.5 Å². The molecule has 0 saturated heterocycles. The molecular weight excluding hydrogens is 317 g/mol. The van der Waals surface area contributed by atoms with E-state index in [-0.39, 0.29) is 5.97 Å². The van der Waals surface area contributed by atoms with Gasteiger partial charge in [-0.2, -0.15) is 0 Å². The second-order valence-electron chi connectivity index (χ2n) is 4.07. The Morgan fingerprint density at radius 2 is 2.20 bits per heavy atom. The molecule has 0 bridgehead atoms. The molecule has 20 heavy (non-hydrogen) atoms. The molecule has 1 aromatic heterocycles. The monoisotopic (exact) mass is 329 g/mol. The number of halogens is 2. The van der Waals surface area contributed by atoms with Gasteiger partial charge in [0.15, 0.2) is 0 Å². The summed E-state index contributed by atoms with van der Waals surface area (Å²) in [4.78, 5) is 15.8. The Bertz CT molecular complexity index is 613. The number of ether oxygens (including phenoxy) is 1. The Kier molecular flexibility index (Phi) is 5.40.